The van der Waals surface area contributed by atoms with E-state index < -0.39 is 11.9 Å². The molecule has 1 saturated heterocycles. The lowest BCUT2D eigenvalue weighted by Gasteiger charge is -2.04. The molecular weight excluding hydrogens is 378 g/mol. The summed E-state index contributed by atoms with van der Waals surface area (Å²) in [5.74, 6) is -0.990. The van der Waals surface area contributed by atoms with Crippen molar-refractivity contribution < 1.29 is 19.1 Å². The molecule has 0 bridgehead atoms. The number of thioether (sulfide) groups is 1. The highest BCUT2D eigenvalue weighted by atomic mass is 32.2. The van der Waals surface area contributed by atoms with E-state index in [4.69, 9.17) is 4.74 Å². The summed E-state index contributed by atoms with van der Waals surface area (Å²) in [4.78, 5) is 23.1. The molecule has 28 heavy (non-hydrogen) atoms. The fourth-order valence-electron chi connectivity index (χ4n) is 2.31. The number of amides is 1. The molecule has 1 aromatic carbocycles. The molecule has 1 aliphatic heterocycles. The first-order valence-electron chi connectivity index (χ1n) is 9.19. The summed E-state index contributed by atoms with van der Waals surface area (Å²) in [7, 11) is 1.25. The Kier molecular flexibility index (Phi) is 9.44. The Morgan fingerprint density at radius 2 is 2.00 bits per heavy atom. The van der Waals surface area contributed by atoms with Crippen molar-refractivity contribution in [2.45, 2.75) is 39.2 Å². The third-order valence-electron chi connectivity index (χ3n) is 3.85. The number of amidine groups is 1. The standard InChI is InChI=1S/C20H25N3O4S/c1-3-4-5-6-11-27-14-16-9-7-15(8-10-16)13-21-23-20-22-19(25)17(28-20)12-18(24)26-2/h7-10,12-13H,3-6,11,14H2,1-2H3,(H,22,23,25)/b17-12+,21-13?. The number of benzene rings is 1. The lowest BCUT2D eigenvalue weighted by atomic mass is 10.1. The van der Waals surface area contributed by atoms with Crippen LogP contribution in [-0.2, 0) is 25.7 Å². The van der Waals surface area contributed by atoms with Crippen molar-refractivity contribution >= 4 is 35.0 Å². The second-order valence-electron chi connectivity index (χ2n) is 6.09. The summed E-state index contributed by atoms with van der Waals surface area (Å²) >= 11 is 1.04. The van der Waals surface area contributed by atoms with E-state index in [-0.39, 0.29) is 4.91 Å². The summed E-state index contributed by atoms with van der Waals surface area (Å²) in [5.41, 5.74) is 1.99. The van der Waals surface area contributed by atoms with Crippen molar-refractivity contribution in [1.82, 2.24) is 5.32 Å². The Hall–Kier alpha value is -2.45. The molecular formula is C20H25N3O4S. The zero-order valence-corrected chi connectivity index (χ0v) is 17.0. The maximum Gasteiger partial charge on any atom is 0.331 e. The number of esters is 1. The van der Waals surface area contributed by atoms with Gasteiger partial charge in [-0.05, 0) is 29.3 Å². The molecule has 1 aromatic rings. The highest BCUT2D eigenvalue weighted by Crippen LogP contribution is 2.23. The number of rotatable bonds is 10. The third-order valence-corrected chi connectivity index (χ3v) is 4.75. The van der Waals surface area contributed by atoms with E-state index in [1.807, 2.05) is 24.3 Å². The van der Waals surface area contributed by atoms with Gasteiger partial charge in [0.1, 0.15) is 0 Å². The number of nitrogens with zero attached hydrogens (tertiary/aromatic N) is 2. The van der Waals surface area contributed by atoms with Crippen molar-refractivity contribution in [3.63, 3.8) is 0 Å². The quantitative estimate of drug-likeness (QED) is 0.213. The third kappa shape index (κ3) is 7.66. The lowest BCUT2D eigenvalue weighted by Crippen LogP contribution is -2.19. The average molecular weight is 404 g/mol. The molecule has 0 spiro atoms. The molecule has 1 N–H and O–H groups in total. The van der Waals surface area contributed by atoms with Crippen molar-refractivity contribution in [2.75, 3.05) is 13.7 Å². The average Bonchev–Trinajstić information content (AvgIpc) is 3.04. The summed E-state index contributed by atoms with van der Waals surface area (Å²) in [6.45, 7) is 3.58. The Balaban J connectivity index is 1.80. The van der Waals surface area contributed by atoms with E-state index in [1.165, 1.54) is 26.4 Å². The van der Waals surface area contributed by atoms with Gasteiger partial charge in [0.15, 0.2) is 5.17 Å². The first-order chi connectivity index (χ1) is 13.6. The topological polar surface area (TPSA) is 89.4 Å². The predicted octanol–water partition coefficient (Wildman–Crippen LogP) is 3.39. The molecule has 1 fully saturated rings. The van der Waals surface area contributed by atoms with Gasteiger partial charge in [-0.3, -0.25) is 10.1 Å². The molecule has 150 valence electrons. The van der Waals surface area contributed by atoms with Gasteiger partial charge in [0.2, 0.25) is 0 Å². The molecule has 0 saturated carbocycles. The highest BCUT2D eigenvalue weighted by Gasteiger charge is 2.24. The Morgan fingerprint density at radius 1 is 1.21 bits per heavy atom. The Labute approximate surface area is 169 Å². The van der Waals surface area contributed by atoms with Crippen LogP contribution in [0.5, 0.6) is 0 Å². The van der Waals surface area contributed by atoms with Crippen LogP contribution in [-0.4, -0.2) is 37.0 Å². The number of hydrogen-bond donors (Lipinski definition) is 1. The van der Waals surface area contributed by atoms with Crippen LogP contribution in [0.1, 0.15) is 43.7 Å². The van der Waals surface area contributed by atoms with Gasteiger partial charge < -0.3 is 9.47 Å². The van der Waals surface area contributed by atoms with Crippen molar-refractivity contribution in [3.8, 4) is 0 Å². The molecule has 0 unspecified atom stereocenters. The zero-order chi connectivity index (χ0) is 20.2. The first-order valence-corrected chi connectivity index (χ1v) is 10.0. The van der Waals surface area contributed by atoms with Crippen LogP contribution >= 0.6 is 11.8 Å². The number of ether oxygens (including phenoxy) is 2. The van der Waals surface area contributed by atoms with Crippen molar-refractivity contribution in [2.24, 2.45) is 10.2 Å². The second kappa shape index (κ2) is 12.1. The smallest absolute Gasteiger partial charge is 0.331 e. The van der Waals surface area contributed by atoms with E-state index in [0.717, 1.165) is 42.0 Å². The highest BCUT2D eigenvalue weighted by molar-refractivity contribution is 8.18. The molecule has 7 nitrogen and oxygen atoms in total. The van der Waals surface area contributed by atoms with Crippen LogP contribution < -0.4 is 5.32 Å². The van der Waals surface area contributed by atoms with Gasteiger partial charge in [-0.2, -0.15) is 5.10 Å². The minimum Gasteiger partial charge on any atom is -0.466 e. The first kappa shape index (κ1) is 21.8. The molecule has 1 amide bonds. The summed E-state index contributed by atoms with van der Waals surface area (Å²) in [6, 6.07) is 7.85. The number of carbonyl (C=O) groups excluding carboxylic acids is 2. The van der Waals surface area contributed by atoms with Gasteiger partial charge in [-0.15, -0.1) is 5.10 Å². The van der Waals surface area contributed by atoms with E-state index in [0.29, 0.717) is 11.8 Å². The monoisotopic (exact) mass is 403 g/mol. The van der Waals surface area contributed by atoms with Gasteiger partial charge in [0.05, 0.1) is 24.8 Å². The fraction of sp³-hybridized carbons (Fsp3) is 0.400. The van der Waals surface area contributed by atoms with E-state index in [9.17, 15) is 9.59 Å². The molecule has 1 heterocycles. The zero-order valence-electron chi connectivity index (χ0n) is 16.1. The maximum atomic E-state index is 11.7. The van der Waals surface area contributed by atoms with Gasteiger partial charge in [-0.1, -0.05) is 50.5 Å². The van der Waals surface area contributed by atoms with E-state index >= 15 is 0 Å². The second-order valence-corrected chi connectivity index (χ2v) is 7.12. The minimum absolute atomic E-state index is 0.222. The molecule has 0 aliphatic carbocycles. The van der Waals surface area contributed by atoms with Gasteiger partial charge in [0.25, 0.3) is 5.91 Å². The molecule has 0 radical (unpaired) electrons. The maximum absolute atomic E-state index is 11.7. The number of unbranched alkanes of at least 4 members (excludes halogenated alkanes) is 3. The van der Waals surface area contributed by atoms with E-state index in [2.05, 4.69) is 27.2 Å². The van der Waals surface area contributed by atoms with Crippen LogP contribution in [0.3, 0.4) is 0 Å². The van der Waals surface area contributed by atoms with E-state index in [1.54, 1.807) is 6.21 Å². The molecule has 2 rings (SSSR count). The predicted molar refractivity (Wildman–Crippen MR) is 111 cm³/mol. The van der Waals surface area contributed by atoms with Crippen LogP contribution in [0.4, 0.5) is 0 Å². The summed E-state index contributed by atoms with van der Waals surface area (Å²) < 4.78 is 10.2. The van der Waals surface area contributed by atoms with Crippen LogP contribution in [0.25, 0.3) is 0 Å². The molecule has 0 aromatic heterocycles. The van der Waals surface area contributed by atoms with Crippen LogP contribution in [0.2, 0.25) is 0 Å². The lowest BCUT2D eigenvalue weighted by molar-refractivity contribution is -0.135. The number of hydrogen-bond acceptors (Lipinski definition) is 7. The molecule has 8 heteroatoms. The Morgan fingerprint density at radius 3 is 2.71 bits per heavy atom. The normalized spacial score (nSPS) is 16.9. The SMILES string of the molecule is CCCCCCOCc1ccc(C=N/N=C2/NC(=O)/C(=C\C(=O)OC)S2)cc1. The van der Waals surface area contributed by atoms with Gasteiger partial charge in [-0.25, -0.2) is 4.79 Å². The number of nitrogens with one attached hydrogen (secondary N) is 1. The summed E-state index contributed by atoms with van der Waals surface area (Å²) in [5, 5.41) is 10.8. The summed E-state index contributed by atoms with van der Waals surface area (Å²) in [6.07, 6.45) is 7.52. The molecule has 1 aliphatic rings. The van der Waals surface area contributed by atoms with Crippen LogP contribution in [0.15, 0.2) is 45.4 Å². The van der Waals surface area contributed by atoms with Crippen molar-refractivity contribution in [1.29, 1.82) is 0 Å². The largest absolute Gasteiger partial charge is 0.466 e. The Bertz CT molecular complexity index is 757. The number of carbonyl (C=O) groups is 2. The van der Waals surface area contributed by atoms with Gasteiger partial charge >= 0.3 is 5.97 Å². The van der Waals surface area contributed by atoms with Crippen LogP contribution in [0, 0.1) is 0 Å². The van der Waals surface area contributed by atoms with Gasteiger partial charge in [0, 0.05) is 12.7 Å². The van der Waals surface area contributed by atoms with Crippen molar-refractivity contribution in [3.05, 3.63) is 46.4 Å². The molecule has 0 atom stereocenters. The minimum atomic E-state index is -0.590. The fourth-order valence-corrected chi connectivity index (χ4v) is 3.05. The number of methoxy groups -OCH3 is 1.